The van der Waals surface area contributed by atoms with E-state index in [1.807, 2.05) is 30.5 Å². The average molecular weight is 418 g/mol. The summed E-state index contributed by atoms with van der Waals surface area (Å²) in [7, 11) is 0. The van der Waals surface area contributed by atoms with Gasteiger partial charge in [0.15, 0.2) is 0 Å². The standard InChI is InChI=1S/C23H25F3N2O2/c24-23(25,26)18-4-1-3-17(13-18)16-8-11-28(12-9-16)14-19(29)15-30-22-6-2-5-21-20(22)7-10-27-21/h1-7,10,13,16,19,27,29H,8-9,11-12,14-15H2/t19-/m0/s1. The molecule has 30 heavy (non-hydrogen) atoms. The predicted octanol–water partition coefficient (Wildman–Crippen LogP) is 4.81. The zero-order chi connectivity index (χ0) is 21.1. The van der Waals surface area contributed by atoms with Gasteiger partial charge >= 0.3 is 6.18 Å². The van der Waals surface area contributed by atoms with Crippen LogP contribution in [-0.4, -0.2) is 47.3 Å². The summed E-state index contributed by atoms with van der Waals surface area (Å²) in [6.45, 7) is 2.16. The van der Waals surface area contributed by atoms with E-state index in [9.17, 15) is 18.3 Å². The second kappa shape index (κ2) is 8.70. The number of fused-ring (bicyclic) bond motifs is 1. The SMILES string of the molecule is O[C@H](COc1cccc2[nH]ccc12)CN1CCC(c2cccc(C(F)(F)F)c2)CC1. The second-order valence-corrected chi connectivity index (χ2v) is 7.86. The fourth-order valence-electron chi connectivity index (χ4n) is 4.14. The van der Waals surface area contributed by atoms with Crippen LogP contribution >= 0.6 is 0 Å². The highest BCUT2D eigenvalue weighted by Gasteiger charge is 2.31. The smallest absolute Gasteiger partial charge is 0.416 e. The molecule has 1 aromatic heterocycles. The highest BCUT2D eigenvalue weighted by atomic mass is 19.4. The number of aliphatic hydroxyl groups is 1. The van der Waals surface area contributed by atoms with E-state index in [4.69, 9.17) is 4.74 Å². The zero-order valence-corrected chi connectivity index (χ0v) is 16.5. The topological polar surface area (TPSA) is 48.5 Å². The number of aromatic amines is 1. The van der Waals surface area contributed by atoms with E-state index >= 15 is 0 Å². The van der Waals surface area contributed by atoms with E-state index in [0.29, 0.717) is 6.54 Å². The van der Waals surface area contributed by atoms with E-state index < -0.39 is 17.8 Å². The molecular formula is C23H25F3N2O2. The zero-order valence-electron chi connectivity index (χ0n) is 16.5. The quantitative estimate of drug-likeness (QED) is 0.604. The Labute approximate surface area is 173 Å². The van der Waals surface area contributed by atoms with Gasteiger partial charge in [-0.2, -0.15) is 13.2 Å². The number of nitrogens with one attached hydrogen (secondary N) is 1. The van der Waals surface area contributed by atoms with Crippen molar-refractivity contribution >= 4 is 10.9 Å². The molecule has 0 radical (unpaired) electrons. The highest BCUT2D eigenvalue weighted by molar-refractivity contribution is 5.85. The van der Waals surface area contributed by atoms with Crippen LogP contribution in [0.25, 0.3) is 10.9 Å². The first kappa shape index (κ1) is 20.8. The van der Waals surface area contributed by atoms with Crippen LogP contribution in [0.2, 0.25) is 0 Å². The average Bonchev–Trinajstić information content (AvgIpc) is 3.22. The van der Waals surface area contributed by atoms with Crippen molar-refractivity contribution in [2.45, 2.75) is 31.0 Å². The van der Waals surface area contributed by atoms with Crippen LogP contribution in [0.1, 0.15) is 29.9 Å². The van der Waals surface area contributed by atoms with Gasteiger partial charge in [-0.3, -0.25) is 0 Å². The Balaban J connectivity index is 1.27. The number of benzene rings is 2. The number of likely N-dealkylation sites (tertiary alicyclic amines) is 1. The summed E-state index contributed by atoms with van der Waals surface area (Å²) in [5, 5.41) is 11.4. The number of halogens is 3. The van der Waals surface area contributed by atoms with Gasteiger partial charge < -0.3 is 19.7 Å². The van der Waals surface area contributed by atoms with Crippen molar-refractivity contribution in [3.05, 3.63) is 65.9 Å². The Morgan fingerprint density at radius 1 is 1.10 bits per heavy atom. The van der Waals surface area contributed by atoms with Crippen molar-refractivity contribution in [1.29, 1.82) is 0 Å². The van der Waals surface area contributed by atoms with Gasteiger partial charge in [0.2, 0.25) is 0 Å². The molecule has 2 aromatic carbocycles. The Morgan fingerprint density at radius 3 is 2.63 bits per heavy atom. The van der Waals surface area contributed by atoms with E-state index in [1.165, 1.54) is 12.1 Å². The van der Waals surface area contributed by atoms with Crippen molar-refractivity contribution in [2.24, 2.45) is 0 Å². The van der Waals surface area contributed by atoms with E-state index in [-0.39, 0.29) is 12.5 Å². The molecule has 0 aliphatic carbocycles. The van der Waals surface area contributed by atoms with Crippen LogP contribution in [0.15, 0.2) is 54.7 Å². The molecule has 3 aromatic rings. The van der Waals surface area contributed by atoms with E-state index in [1.54, 1.807) is 6.07 Å². The van der Waals surface area contributed by atoms with Gasteiger partial charge in [0.25, 0.3) is 0 Å². The van der Waals surface area contributed by atoms with Gasteiger partial charge in [0.05, 0.1) is 5.56 Å². The molecular weight excluding hydrogens is 393 g/mol. The monoisotopic (exact) mass is 418 g/mol. The van der Waals surface area contributed by atoms with Crippen molar-refractivity contribution in [2.75, 3.05) is 26.2 Å². The Bertz CT molecular complexity index is 978. The first-order valence-corrected chi connectivity index (χ1v) is 10.2. The predicted molar refractivity (Wildman–Crippen MR) is 110 cm³/mol. The Kier molecular flexibility index (Phi) is 6.01. The lowest BCUT2D eigenvalue weighted by molar-refractivity contribution is -0.137. The number of alkyl halides is 3. The molecule has 4 rings (SSSR count). The number of rotatable bonds is 6. The molecule has 1 fully saturated rings. The number of aliphatic hydroxyl groups excluding tert-OH is 1. The molecule has 7 heteroatoms. The van der Waals surface area contributed by atoms with Crippen LogP contribution in [0.5, 0.6) is 5.75 Å². The fraction of sp³-hybridized carbons (Fsp3) is 0.391. The van der Waals surface area contributed by atoms with Crippen molar-refractivity contribution in [3.63, 3.8) is 0 Å². The van der Waals surface area contributed by atoms with Gasteiger partial charge in [-0.1, -0.05) is 24.3 Å². The fourth-order valence-corrected chi connectivity index (χ4v) is 4.14. The van der Waals surface area contributed by atoms with Gasteiger partial charge in [-0.05, 0) is 61.7 Å². The number of ether oxygens (including phenoxy) is 1. The van der Waals surface area contributed by atoms with Crippen molar-refractivity contribution in [1.82, 2.24) is 9.88 Å². The number of aromatic nitrogens is 1. The molecule has 0 unspecified atom stereocenters. The molecule has 160 valence electrons. The summed E-state index contributed by atoms with van der Waals surface area (Å²) in [4.78, 5) is 5.28. The van der Waals surface area contributed by atoms with Crippen LogP contribution in [-0.2, 0) is 6.18 Å². The second-order valence-electron chi connectivity index (χ2n) is 7.86. The largest absolute Gasteiger partial charge is 0.490 e. The minimum absolute atomic E-state index is 0.114. The third kappa shape index (κ3) is 4.79. The summed E-state index contributed by atoms with van der Waals surface area (Å²) in [6, 6.07) is 13.3. The number of hydrogen-bond acceptors (Lipinski definition) is 3. The molecule has 4 nitrogen and oxygen atoms in total. The third-order valence-electron chi connectivity index (χ3n) is 5.73. The minimum Gasteiger partial charge on any atom is -0.490 e. The molecule has 2 N–H and O–H groups in total. The molecule has 0 bridgehead atoms. The molecule has 0 amide bonds. The molecule has 0 saturated carbocycles. The lowest BCUT2D eigenvalue weighted by Crippen LogP contribution is -2.40. The maximum absolute atomic E-state index is 13.0. The van der Waals surface area contributed by atoms with Crippen LogP contribution in [0.4, 0.5) is 13.2 Å². The van der Waals surface area contributed by atoms with Gasteiger partial charge in [-0.15, -0.1) is 0 Å². The Hall–Kier alpha value is -2.51. The molecule has 1 aliphatic heterocycles. The first-order valence-electron chi connectivity index (χ1n) is 10.2. The molecule has 2 heterocycles. The number of piperidine rings is 1. The third-order valence-corrected chi connectivity index (χ3v) is 5.73. The first-order chi connectivity index (χ1) is 14.4. The van der Waals surface area contributed by atoms with Gasteiger partial charge in [-0.25, -0.2) is 0 Å². The van der Waals surface area contributed by atoms with Crippen LogP contribution < -0.4 is 4.74 Å². The molecule has 1 aliphatic rings. The number of hydrogen-bond donors (Lipinski definition) is 2. The number of β-amino-alcohol motifs (C(OH)–C–C–N with tert-alkyl or cyclic N) is 1. The van der Waals surface area contributed by atoms with Crippen LogP contribution in [0.3, 0.4) is 0 Å². The highest BCUT2D eigenvalue weighted by Crippen LogP contribution is 2.34. The lowest BCUT2D eigenvalue weighted by Gasteiger charge is -2.33. The summed E-state index contributed by atoms with van der Waals surface area (Å²) in [6.07, 6.45) is -1.55. The number of nitrogens with zero attached hydrogens (tertiary/aromatic N) is 1. The summed E-state index contributed by atoms with van der Waals surface area (Å²) in [5.41, 5.74) is 1.14. The minimum atomic E-state index is -4.31. The van der Waals surface area contributed by atoms with E-state index in [2.05, 4.69) is 9.88 Å². The maximum Gasteiger partial charge on any atom is 0.416 e. The summed E-state index contributed by atoms with van der Waals surface area (Å²) < 4.78 is 44.7. The van der Waals surface area contributed by atoms with Crippen LogP contribution in [0, 0.1) is 0 Å². The van der Waals surface area contributed by atoms with Crippen molar-refractivity contribution in [3.8, 4) is 5.75 Å². The Morgan fingerprint density at radius 2 is 1.87 bits per heavy atom. The van der Waals surface area contributed by atoms with Crippen molar-refractivity contribution < 1.29 is 23.0 Å². The van der Waals surface area contributed by atoms with E-state index in [0.717, 1.165) is 54.2 Å². The van der Waals surface area contributed by atoms with Gasteiger partial charge in [0.1, 0.15) is 18.5 Å². The van der Waals surface area contributed by atoms with Gasteiger partial charge in [0, 0.05) is 23.6 Å². The number of H-pyrrole nitrogens is 1. The summed E-state index contributed by atoms with van der Waals surface area (Å²) in [5.74, 6) is 0.846. The molecule has 1 atom stereocenters. The summed E-state index contributed by atoms with van der Waals surface area (Å²) >= 11 is 0. The maximum atomic E-state index is 13.0. The molecule has 0 spiro atoms. The normalized spacial score (nSPS) is 17.3. The lowest BCUT2D eigenvalue weighted by atomic mass is 9.88. The molecule has 1 saturated heterocycles.